The highest BCUT2D eigenvalue weighted by Gasteiger charge is 2.52. The molecule has 3 nitrogen and oxygen atoms in total. The summed E-state index contributed by atoms with van der Waals surface area (Å²) in [5, 5.41) is 20.0. The zero-order valence-corrected chi connectivity index (χ0v) is 18.6. The van der Waals surface area contributed by atoms with Gasteiger partial charge in [0.25, 0.3) is 0 Å². The number of fused-ring (bicyclic) bond motifs is 1. The van der Waals surface area contributed by atoms with Gasteiger partial charge in [0, 0.05) is 9.65 Å². The number of benzene rings is 1. The molecular weight excluding hydrogens is 451 g/mol. The molecule has 3 rings (SSSR count). The van der Waals surface area contributed by atoms with Crippen LogP contribution in [0.3, 0.4) is 0 Å². The standard InChI is InChI=1S/C23H31IO3/c1-14(10-22(26)27)17-6-9-20-19(12-16-4-7-18(24)8-5-16)21(25)11-15(2)23(20,3)13-17/h4-5,7-8,10,15,17,19-21,25H,6,9,11-13H2,1-3H3,(H,26,27)/b14-10-/t15-,17-,19+,20+,21-,23+/m1/s1. The van der Waals surface area contributed by atoms with Crippen LogP contribution in [0.15, 0.2) is 35.9 Å². The van der Waals surface area contributed by atoms with Gasteiger partial charge in [-0.2, -0.15) is 0 Å². The van der Waals surface area contributed by atoms with E-state index < -0.39 is 5.97 Å². The van der Waals surface area contributed by atoms with Crippen molar-refractivity contribution in [3.8, 4) is 0 Å². The van der Waals surface area contributed by atoms with Crippen LogP contribution in [0.25, 0.3) is 0 Å². The zero-order valence-electron chi connectivity index (χ0n) is 16.5. The Labute approximate surface area is 176 Å². The Morgan fingerprint density at radius 2 is 1.96 bits per heavy atom. The fourth-order valence-electron chi connectivity index (χ4n) is 5.71. The summed E-state index contributed by atoms with van der Waals surface area (Å²) < 4.78 is 1.24. The Kier molecular flexibility index (Phi) is 6.36. The number of hydrogen-bond acceptors (Lipinski definition) is 2. The van der Waals surface area contributed by atoms with Gasteiger partial charge in [-0.3, -0.25) is 0 Å². The van der Waals surface area contributed by atoms with Crippen LogP contribution in [-0.2, 0) is 11.2 Å². The normalized spacial score (nSPS) is 36.9. The smallest absolute Gasteiger partial charge is 0.328 e. The number of aliphatic hydroxyl groups excluding tert-OH is 1. The first kappa shape index (κ1) is 20.8. The predicted molar refractivity (Wildman–Crippen MR) is 116 cm³/mol. The van der Waals surface area contributed by atoms with Gasteiger partial charge in [-0.05, 0) is 108 Å². The van der Waals surface area contributed by atoms with Gasteiger partial charge in [-0.15, -0.1) is 0 Å². The highest BCUT2D eigenvalue weighted by molar-refractivity contribution is 14.1. The summed E-state index contributed by atoms with van der Waals surface area (Å²) in [5.74, 6) is 0.730. The fourth-order valence-corrected chi connectivity index (χ4v) is 6.07. The summed E-state index contributed by atoms with van der Waals surface area (Å²) in [6.07, 6.45) is 6.05. The summed E-state index contributed by atoms with van der Waals surface area (Å²) in [6, 6.07) is 8.66. The van der Waals surface area contributed by atoms with Crippen LogP contribution in [0.4, 0.5) is 0 Å². The Bertz CT molecular complexity index is 711. The van der Waals surface area contributed by atoms with Crippen molar-refractivity contribution >= 4 is 28.6 Å². The molecule has 4 heteroatoms. The minimum Gasteiger partial charge on any atom is -0.478 e. The number of halogens is 1. The largest absolute Gasteiger partial charge is 0.478 e. The molecule has 6 atom stereocenters. The van der Waals surface area contributed by atoms with Crippen molar-refractivity contribution in [2.45, 2.75) is 59.0 Å². The molecule has 148 valence electrons. The Hall–Kier alpha value is -0.880. The molecule has 0 aromatic heterocycles. The summed E-state index contributed by atoms with van der Waals surface area (Å²) in [7, 11) is 0. The molecule has 1 aromatic carbocycles. The molecule has 0 heterocycles. The van der Waals surface area contributed by atoms with E-state index in [4.69, 9.17) is 5.11 Å². The number of carbonyl (C=O) groups is 1. The number of carboxylic acid groups (broad SMARTS) is 1. The molecule has 1 aromatic rings. The molecule has 0 bridgehead atoms. The lowest BCUT2D eigenvalue weighted by Gasteiger charge is -2.56. The van der Waals surface area contributed by atoms with E-state index in [0.717, 1.165) is 37.7 Å². The van der Waals surface area contributed by atoms with Crippen LogP contribution in [0.2, 0.25) is 0 Å². The Morgan fingerprint density at radius 1 is 1.30 bits per heavy atom. The monoisotopic (exact) mass is 482 g/mol. The van der Waals surface area contributed by atoms with Crippen molar-refractivity contribution in [1.82, 2.24) is 0 Å². The molecule has 0 saturated heterocycles. The number of carboxylic acids is 1. The van der Waals surface area contributed by atoms with E-state index in [1.54, 1.807) is 0 Å². The van der Waals surface area contributed by atoms with E-state index >= 15 is 0 Å². The van der Waals surface area contributed by atoms with Gasteiger partial charge >= 0.3 is 5.97 Å². The maximum Gasteiger partial charge on any atom is 0.328 e. The van der Waals surface area contributed by atoms with Crippen molar-refractivity contribution in [3.63, 3.8) is 0 Å². The topological polar surface area (TPSA) is 57.5 Å². The second-order valence-corrected chi connectivity index (χ2v) is 10.3. The third kappa shape index (κ3) is 4.42. The quantitative estimate of drug-likeness (QED) is 0.452. The molecular formula is C23H31IO3. The molecule has 2 saturated carbocycles. The molecule has 0 unspecified atom stereocenters. The molecule has 2 aliphatic rings. The third-order valence-electron chi connectivity index (χ3n) is 7.47. The molecule has 0 amide bonds. The van der Waals surface area contributed by atoms with Crippen LogP contribution in [0.1, 0.15) is 52.0 Å². The van der Waals surface area contributed by atoms with E-state index in [2.05, 4.69) is 60.7 Å². The Balaban J connectivity index is 1.83. The number of rotatable bonds is 4. The van der Waals surface area contributed by atoms with Crippen LogP contribution < -0.4 is 0 Å². The maximum atomic E-state index is 11.1. The van der Waals surface area contributed by atoms with E-state index in [-0.39, 0.29) is 17.4 Å². The molecule has 2 N–H and O–H groups in total. The van der Waals surface area contributed by atoms with Crippen molar-refractivity contribution in [3.05, 3.63) is 45.0 Å². The van der Waals surface area contributed by atoms with Gasteiger partial charge in [0.1, 0.15) is 0 Å². The number of allylic oxidation sites excluding steroid dienone is 1. The molecule has 2 fully saturated rings. The minimum atomic E-state index is -0.844. The van der Waals surface area contributed by atoms with Crippen molar-refractivity contribution in [2.75, 3.05) is 0 Å². The van der Waals surface area contributed by atoms with Crippen LogP contribution in [0.5, 0.6) is 0 Å². The highest BCUT2D eigenvalue weighted by Crippen LogP contribution is 2.58. The Morgan fingerprint density at radius 3 is 2.59 bits per heavy atom. The molecule has 2 aliphatic carbocycles. The van der Waals surface area contributed by atoms with E-state index in [0.29, 0.717) is 17.8 Å². The average molecular weight is 482 g/mol. The molecule has 0 aliphatic heterocycles. The van der Waals surface area contributed by atoms with Gasteiger partial charge in [0.2, 0.25) is 0 Å². The first-order chi connectivity index (χ1) is 12.7. The lowest BCUT2D eigenvalue weighted by molar-refractivity contribution is -0.131. The minimum absolute atomic E-state index is 0.156. The summed E-state index contributed by atoms with van der Waals surface area (Å²) in [5.41, 5.74) is 2.46. The summed E-state index contributed by atoms with van der Waals surface area (Å²) in [6.45, 7) is 6.62. The van der Waals surface area contributed by atoms with Gasteiger partial charge in [0.15, 0.2) is 0 Å². The number of aliphatic hydroxyl groups is 1. The fraction of sp³-hybridized carbons (Fsp3) is 0.609. The first-order valence-electron chi connectivity index (χ1n) is 10.0. The van der Waals surface area contributed by atoms with Crippen LogP contribution >= 0.6 is 22.6 Å². The van der Waals surface area contributed by atoms with Crippen molar-refractivity contribution in [1.29, 1.82) is 0 Å². The lowest BCUT2D eigenvalue weighted by atomic mass is 9.49. The third-order valence-corrected chi connectivity index (χ3v) is 8.19. The van der Waals surface area contributed by atoms with Gasteiger partial charge in [0.05, 0.1) is 6.10 Å². The zero-order chi connectivity index (χ0) is 19.8. The van der Waals surface area contributed by atoms with Crippen molar-refractivity contribution < 1.29 is 15.0 Å². The molecule has 0 spiro atoms. The molecule has 27 heavy (non-hydrogen) atoms. The predicted octanol–water partition coefficient (Wildman–Crippen LogP) is 5.30. The summed E-state index contributed by atoms with van der Waals surface area (Å²) in [4.78, 5) is 11.1. The number of hydrogen-bond donors (Lipinski definition) is 2. The lowest BCUT2D eigenvalue weighted by Crippen LogP contribution is -2.52. The second kappa shape index (κ2) is 8.24. The molecule has 0 radical (unpaired) electrons. The van der Waals surface area contributed by atoms with Crippen molar-refractivity contribution in [2.24, 2.45) is 29.1 Å². The van der Waals surface area contributed by atoms with Crippen LogP contribution in [-0.4, -0.2) is 22.3 Å². The van der Waals surface area contributed by atoms with Gasteiger partial charge in [-0.1, -0.05) is 31.6 Å². The van der Waals surface area contributed by atoms with E-state index in [9.17, 15) is 9.90 Å². The average Bonchev–Trinajstić information content (AvgIpc) is 2.60. The SMILES string of the molecule is C/C(=C/C(=O)O)[C@@H]1CC[C@H]2[C@H](Cc3ccc(I)cc3)[C@H](O)C[C@@H](C)[C@]2(C)C1. The van der Waals surface area contributed by atoms with E-state index in [1.165, 1.54) is 15.2 Å². The van der Waals surface area contributed by atoms with E-state index in [1.807, 2.05) is 6.92 Å². The highest BCUT2D eigenvalue weighted by atomic mass is 127. The van der Waals surface area contributed by atoms with Gasteiger partial charge in [-0.25, -0.2) is 4.79 Å². The number of aliphatic carboxylic acids is 1. The van der Waals surface area contributed by atoms with Gasteiger partial charge < -0.3 is 10.2 Å². The second-order valence-electron chi connectivity index (χ2n) is 9.02. The van der Waals surface area contributed by atoms with Crippen LogP contribution in [0, 0.1) is 32.7 Å². The maximum absolute atomic E-state index is 11.1. The summed E-state index contributed by atoms with van der Waals surface area (Å²) >= 11 is 2.33. The first-order valence-corrected chi connectivity index (χ1v) is 11.1.